The van der Waals surface area contributed by atoms with Gasteiger partial charge in [0.25, 0.3) is 5.91 Å². The van der Waals surface area contributed by atoms with Crippen LogP contribution in [0, 0.1) is 12.8 Å². The van der Waals surface area contributed by atoms with Crippen molar-refractivity contribution in [2.45, 2.75) is 33.2 Å². The maximum Gasteiger partial charge on any atom is 0.326 e. The highest BCUT2D eigenvalue weighted by molar-refractivity contribution is 8.26. The molecule has 0 aromatic heterocycles. The zero-order valence-corrected chi connectivity index (χ0v) is 17.0. The number of carbonyl (C=O) groups excluding carboxylic acids is 2. The summed E-state index contributed by atoms with van der Waals surface area (Å²) in [6.45, 7) is 5.29. The quantitative estimate of drug-likeness (QED) is 0.535. The Morgan fingerprint density at radius 2 is 1.96 bits per heavy atom. The summed E-state index contributed by atoms with van der Waals surface area (Å²) in [5, 5.41) is 11.8. The number of carboxylic acid groups (broad SMARTS) is 1. The SMILES string of the molecule is CC[C@H](C)[C@@H](NC(=O)CN1C(=O)/C(=C\c2ccc(C)cc2)SC1=S)C(=O)O. The third kappa shape index (κ3) is 5.40. The van der Waals surface area contributed by atoms with E-state index in [4.69, 9.17) is 12.2 Å². The van der Waals surface area contributed by atoms with E-state index >= 15 is 0 Å². The van der Waals surface area contributed by atoms with Crippen molar-refractivity contribution in [2.24, 2.45) is 5.92 Å². The Labute approximate surface area is 168 Å². The number of thioether (sulfide) groups is 1. The van der Waals surface area contributed by atoms with Gasteiger partial charge >= 0.3 is 5.97 Å². The predicted octanol–water partition coefficient (Wildman–Crippen LogP) is 2.81. The fraction of sp³-hybridized carbons (Fsp3) is 0.368. The van der Waals surface area contributed by atoms with Crippen LogP contribution in [-0.4, -0.2) is 44.7 Å². The van der Waals surface area contributed by atoms with Crippen LogP contribution >= 0.6 is 24.0 Å². The van der Waals surface area contributed by atoms with Gasteiger partial charge in [-0.05, 0) is 24.5 Å². The second kappa shape index (κ2) is 9.14. The summed E-state index contributed by atoms with van der Waals surface area (Å²) in [4.78, 5) is 37.8. The number of amides is 2. The Hall–Kier alpha value is -2.19. The van der Waals surface area contributed by atoms with E-state index in [1.807, 2.05) is 38.1 Å². The van der Waals surface area contributed by atoms with Crippen molar-refractivity contribution in [3.05, 3.63) is 40.3 Å². The van der Waals surface area contributed by atoms with Crippen molar-refractivity contribution >= 4 is 52.2 Å². The van der Waals surface area contributed by atoms with E-state index in [1.54, 1.807) is 13.0 Å². The summed E-state index contributed by atoms with van der Waals surface area (Å²) in [6.07, 6.45) is 2.34. The molecule has 27 heavy (non-hydrogen) atoms. The molecule has 1 aliphatic rings. The van der Waals surface area contributed by atoms with Gasteiger partial charge in [-0.2, -0.15) is 0 Å². The lowest BCUT2D eigenvalue weighted by molar-refractivity contribution is -0.143. The average molecular weight is 407 g/mol. The van der Waals surface area contributed by atoms with Gasteiger partial charge in [-0.1, -0.05) is 74.1 Å². The number of rotatable bonds is 7. The van der Waals surface area contributed by atoms with Crippen LogP contribution in [0.2, 0.25) is 0 Å². The zero-order valence-electron chi connectivity index (χ0n) is 15.4. The molecule has 2 atom stereocenters. The first-order valence-corrected chi connectivity index (χ1v) is 9.79. The normalized spacial score (nSPS) is 17.9. The summed E-state index contributed by atoms with van der Waals surface area (Å²) in [5.41, 5.74) is 1.99. The molecule has 1 heterocycles. The summed E-state index contributed by atoms with van der Waals surface area (Å²) in [6, 6.07) is 6.70. The molecule has 144 valence electrons. The minimum Gasteiger partial charge on any atom is -0.480 e. The van der Waals surface area contributed by atoms with Crippen LogP contribution in [0.5, 0.6) is 0 Å². The molecule has 0 aliphatic carbocycles. The molecule has 2 N–H and O–H groups in total. The topological polar surface area (TPSA) is 86.7 Å². The Morgan fingerprint density at radius 1 is 1.33 bits per heavy atom. The molecule has 6 nitrogen and oxygen atoms in total. The molecule has 1 saturated heterocycles. The molecule has 0 bridgehead atoms. The largest absolute Gasteiger partial charge is 0.480 e. The summed E-state index contributed by atoms with van der Waals surface area (Å²) >= 11 is 6.35. The van der Waals surface area contributed by atoms with Gasteiger partial charge in [0.05, 0.1) is 4.91 Å². The lowest BCUT2D eigenvalue weighted by atomic mass is 9.99. The van der Waals surface area contributed by atoms with Crippen LogP contribution < -0.4 is 5.32 Å². The molecule has 0 unspecified atom stereocenters. The van der Waals surface area contributed by atoms with Gasteiger partial charge < -0.3 is 10.4 Å². The van der Waals surface area contributed by atoms with E-state index in [0.717, 1.165) is 22.9 Å². The molecular formula is C19H22N2O4S2. The molecule has 0 radical (unpaired) electrons. The van der Waals surface area contributed by atoms with Gasteiger partial charge in [-0.15, -0.1) is 0 Å². The summed E-state index contributed by atoms with van der Waals surface area (Å²) in [5.74, 6) is -2.21. The van der Waals surface area contributed by atoms with Crippen molar-refractivity contribution in [1.29, 1.82) is 0 Å². The van der Waals surface area contributed by atoms with Crippen molar-refractivity contribution < 1.29 is 19.5 Å². The number of benzene rings is 1. The van der Waals surface area contributed by atoms with Crippen LogP contribution in [0.25, 0.3) is 6.08 Å². The molecule has 1 fully saturated rings. The number of aryl methyl sites for hydroxylation is 1. The van der Waals surface area contributed by atoms with Crippen molar-refractivity contribution in [2.75, 3.05) is 6.54 Å². The minimum absolute atomic E-state index is 0.223. The van der Waals surface area contributed by atoms with E-state index in [-0.39, 0.29) is 22.7 Å². The van der Waals surface area contributed by atoms with E-state index in [9.17, 15) is 19.5 Å². The first kappa shape index (κ1) is 21.1. The number of carbonyl (C=O) groups is 3. The van der Waals surface area contributed by atoms with Gasteiger partial charge in [0.1, 0.15) is 16.9 Å². The van der Waals surface area contributed by atoms with E-state index < -0.39 is 17.9 Å². The Morgan fingerprint density at radius 3 is 2.52 bits per heavy atom. The Kier molecular flexibility index (Phi) is 7.15. The van der Waals surface area contributed by atoms with Gasteiger partial charge in [-0.3, -0.25) is 14.5 Å². The summed E-state index contributed by atoms with van der Waals surface area (Å²) in [7, 11) is 0. The monoisotopic (exact) mass is 406 g/mol. The first-order valence-electron chi connectivity index (χ1n) is 8.57. The molecule has 0 spiro atoms. The lowest BCUT2D eigenvalue weighted by Crippen LogP contribution is -2.49. The molecular weight excluding hydrogens is 384 g/mol. The van der Waals surface area contributed by atoms with Crippen LogP contribution in [-0.2, 0) is 14.4 Å². The lowest BCUT2D eigenvalue weighted by Gasteiger charge is -2.21. The van der Waals surface area contributed by atoms with Gasteiger partial charge in [0.15, 0.2) is 0 Å². The van der Waals surface area contributed by atoms with Crippen molar-refractivity contribution in [3.8, 4) is 0 Å². The number of nitrogens with one attached hydrogen (secondary N) is 1. The van der Waals surface area contributed by atoms with E-state index in [0.29, 0.717) is 11.3 Å². The first-order chi connectivity index (χ1) is 12.7. The Balaban J connectivity index is 2.07. The fourth-order valence-corrected chi connectivity index (χ4v) is 3.75. The van der Waals surface area contributed by atoms with Crippen molar-refractivity contribution in [1.82, 2.24) is 10.2 Å². The maximum atomic E-state index is 12.6. The fourth-order valence-electron chi connectivity index (χ4n) is 2.50. The Bertz CT molecular complexity index is 789. The second-order valence-corrected chi connectivity index (χ2v) is 8.12. The van der Waals surface area contributed by atoms with Crippen LogP contribution in [0.1, 0.15) is 31.4 Å². The molecule has 2 amide bonds. The van der Waals surface area contributed by atoms with E-state index in [2.05, 4.69) is 5.32 Å². The van der Waals surface area contributed by atoms with E-state index in [1.165, 1.54) is 4.90 Å². The summed E-state index contributed by atoms with van der Waals surface area (Å²) < 4.78 is 0.281. The molecule has 1 aliphatic heterocycles. The third-order valence-corrected chi connectivity index (χ3v) is 5.72. The highest BCUT2D eigenvalue weighted by atomic mass is 32.2. The number of hydrogen-bond donors (Lipinski definition) is 2. The molecule has 0 saturated carbocycles. The highest BCUT2D eigenvalue weighted by Gasteiger charge is 2.34. The number of hydrogen-bond acceptors (Lipinski definition) is 5. The highest BCUT2D eigenvalue weighted by Crippen LogP contribution is 2.32. The second-order valence-electron chi connectivity index (χ2n) is 6.45. The zero-order chi connectivity index (χ0) is 20.1. The van der Waals surface area contributed by atoms with Gasteiger partial charge in [0.2, 0.25) is 5.91 Å². The standard InChI is InChI=1S/C19H22N2O4S2/c1-4-12(3)16(18(24)25)20-15(22)10-21-17(23)14(27-19(21)26)9-13-7-5-11(2)6-8-13/h5-9,12,16H,4,10H2,1-3H3,(H,20,22)(H,24,25)/b14-9+/t12-,16+/m0/s1. The minimum atomic E-state index is -1.10. The number of nitrogens with zero attached hydrogens (tertiary/aromatic N) is 1. The van der Waals surface area contributed by atoms with Crippen LogP contribution in [0.15, 0.2) is 29.2 Å². The third-order valence-electron chi connectivity index (χ3n) is 4.35. The molecule has 1 aromatic carbocycles. The molecule has 8 heteroatoms. The van der Waals surface area contributed by atoms with Gasteiger partial charge in [0, 0.05) is 0 Å². The van der Waals surface area contributed by atoms with Gasteiger partial charge in [-0.25, -0.2) is 4.79 Å². The maximum absolute atomic E-state index is 12.6. The number of carboxylic acids is 1. The predicted molar refractivity (Wildman–Crippen MR) is 110 cm³/mol. The molecule has 1 aromatic rings. The van der Waals surface area contributed by atoms with Crippen LogP contribution in [0.3, 0.4) is 0 Å². The smallest absolute Gasteiger partial charge is 0.326 e. The average Bonchev–Trinajstić information content (AvgIpc) is 2.88. The number of thiocarbonyl (C=S) groups is 1. The molecule has 2 rings (SSSR count). The van der Waals surface area contributed by atoms with Crippen LogP contribution in [0.4, 0.5) is 0 Å². The number of aliphatic carboxylic acids is 1. The van der Waals surface area contributed by atoms with Crippen molar-refractivity contribution in [3.63, 3.8) is 0 Å².